The van der Waals surface area contributed by atoms with Crippen molar-refractivity contribution in [1.29, 1.82) is 0 Å². The molecule has 0 N–H and O–H groups in total. The Hall–Kier alpha value is -1.95. The molecule has 1 aromatic carbocycles. The number of ether oxygens (including phenoxy) is 2. The molecule has 1 rings (SSSR count). The van der Waals surface area contributed by atoms with E-state index in [-0.39, 0.29) is 0 Å². The number of rotatable bonds is 3. The average Bonchev–Trinajstić information content (AvgIpc) is 2.44. The summed E-state index contributed by atoms with van der Waals surface area (Å²) in [4.78, 5) is 11.2. The van der Waals surface area contributed by atoms with Gasteiger partial charge in [-0.3, -0.25) is 0 Å². The van der Waals surface area contributed by atoms with Gasteiger partial charge >= 0.3 is 6.16 Å². The Morgan fingerprint density at radius 2 is 1.83 bits per heavy atom. The number of hydrogen-bond donors (Lipinski definition) is 0. The lowest BCUT2D eigenvalue weighted by atomic mass is 9.97. The van der Waals surface area contributed by atoms with Crippen molar-refractivity contribution in [2.75, 3.05) is 7.11 Å². The number of hydrogen-bond acceptors (Lipinski definition) is 3. The van der Waals surface area contributed by atoms with Gasteiger partial charge in [-0.2, -0.15) is 0 Å². The van der Waals surface area contributed by atoms with Crippen molar-refractivity contribution in [2.45, 2.75) is 32.3 Å². The van der Waals surface area contributed by atoms with Crippen LogP contribution in [-0.2, 0) is 9.47 Å². The second kappa shape index (κ2) is 6.70. The molecule has 0 heterocycles. The monoisotopic (exact) mass is 246 g/mol. The van der Waals surface area contributed by atoms with Crippen LogP contribution in [0.5, 0.6) is 0 Å². The minimum atomic E-state index is -0.775. The first-order valence-electron chi connectivity index (χ1n) is 6.01. The summed E-state index contributed by atoms with van der Waals surface area (Å²) >= 11 is 0. The van der Waals surface area contributed by atoms with Crippen molar-refractivity contribution in [3.8, 4) is 11.8 Å². The van der Waals surface area contributed by atoms with Gasteiger partial charge in [0.05, 0.1) is 7.11 Å². The Morgan fingerprint density at radius 3 is 2.33 bits per heavy atom. The number of carbonyl (C=O) groups excluding carboxylic acids is 1. The van der Waals surface area contributed by atoms with E-state index < -0.39 is 11.8 Å². The van der Waals surface area contributed by atoms with Gasteiger partial charge in [-0.15, -0.1) is 0 Å². The molecule has 3 heteroatoms. The van der Waals surface area contributed by atoms with Crippen molar-refractivity contribution in [3.63, 3.8) is 0 Å². The molecule has 96 valence electrons. The lowest BCUT2D eigenvalue weighted by Crippen LogP contribution is -2.32. The molecule has 0 radical (unpaired) electrons. The van der Waals surface area contributed by atoms with Crippen LogP contribution in [0.4, 0.5) is 4.79 Å². The van der Waals surface area contributed by atoms with Crippen LogP contribution in [0.3, 0.4) is 0 Å². The smallest absolute Gasteiger partial charge is 0.438 e. The van der Waals surface area contributed by atoms with E-state index in [0.717, 1.165) is 5.56 Å². The van der Waals surface area contributed by atoms with E-state index in [9.17, 15) is 4.79 Å². The van der Waals surface area contributed by atoms with Crippen LogP contribution >= 0.6 is 0 Å². The summed E-state index contributed by atoms with van der Waals surface area (Å²) in [6.45, 7) is 3.87. The van der Waals surface area contributed by atoms with Crippen molar-refractivity contribution in [2.24, 2.45) is 0 Å². The Morgan fingerprint density at radius 1 is 1.22 bits per heavy atom. The normalized spacial score (nSPS) is 10.2. The predicted molar refractivity (Wildman–Crippen MR) is 70.1 cm³/mol. The SMILES string of the molecule is CCC(C#Cc1ccccc1)(CC)OC(=O)OC. The molecule has 0 saturated heterocycles. The molecule has 18 heavy (non-hydrogen) atoms. The molecule has 0 fully saturated rings. The van der Waals surface area contributed by atoms with E-state index in [1.165, 1.54) is 7.11 Å². The Bertz CT molecular complexity index is 436. The van der Waals surface area contributed by atoms with Gasteiger partial charge in [-0.25, -0.2) is 4.79 Å². The molecular formula is C15H18O3. The first-order valence-corrected chi connectivity index (χ1v) is 6.01. The van der Waals surface area contributed by atoms with E-state index >= 15 is 0 Å². The van der Waals surface area contributed by atoms with Crippen LogP contribution in [0.1, 0.15) is 32.3 Å². The van der Waals surface area contributed by atoms with Crippen LogP contribution in [0.2, 0.25) is 0 Å². The van der Waals surface area contributed by atoms with Gasteiger partial charge in [0.25, 0.3) is 0 Å². The molecule has 0 spiro atoms. The predicted octanol–water partition coefficient (Wildman–Crippen LogP) is 3.38. The molecule has 0 atom stereocenters. The maximum Gasteiger partial charge on any atom is 0.509 e. The van der Waals surface area contributed by atoms with Crippen molar-refractivity contribution in [1.82, 2.24) is 0 Å². The zero-order chi connectivity index (χ0) is 13.4. The topological polar surface area (TPSA) is 35.5 Å². The first-order chi connectivity index (χ1) is 8.65. The van der Waals surface area contributed by atoms with Gasteiger partial charge in [0.15, 0.2) is 5.60 Å². The van der Waals surface area contributed by atoms with Gasteiger partial charge in [0, 0.05) is 5.56 Å². The third-order valence-electron chi connectivity index (χ3n) is 2.80. The summed E-state index contributed by atoms with van der Waals surface area (Å²) in [7, 11) is 1.29. The van der Waals surface area contributed by atoms with Crippen LogP contribution < -0.4 is 0 Å². The highest BCUT2D eigenvalue weighted by Crippen LogP contribution is 2.20. The minimum absolute atomic E-state index is 0.623. The second-order valence-electron chi connectivity index (χ2n) is 3.87. The molecule has 0 bridgehead atoms. The molecular weight excluding hydrogens is 228 g/mol. The van der Waals surface area contributed by atoms with E-state index in [4.69, 9.17) is 4.74 Å². The summed E-state index contributed by atoms with van der Waals surface area (Å²) in [5, 5.41) is 0. The number of carbonyl (C=O) groups is 1. The van der Waals surface area contributed by atoms with Gasteiger partial charge in [0.2, 0.25) is 0 Å². The molecule has 0 aromatic heterocycles. The quantitative estimate of drug-likeness (QED) is 0.606. The lowest BCUT2D eigenvalue weighted by molar-refractivity contribution is 0.000722. The van der Waals surface area contributed by atoms with Crippen LogP contribution in [0.15, 0.2) is 30.3 Å². The molecule has 0 aliphatic heterocycles. The summed E-state index contributed by atoms with van der Waals surface area (Å²) in [6, 6.07) is 9.61. The second-order valence-corrected chi connectivity index (χ2v) is 3.87. The maximum atomic E-state index is 11.2. The van der Waals surface area contributed by atoms with Crippen LogP contribution in [0, 0.1) is 11.8 Å². The third kappa shape index (κ3) is 3.81. The van der Waals surface area contributed by atoms with E-state index in [2.05, 4.69) is 16.6 Å². The molecule has 3 nitrogen and oxygen atoms in total. The van der Waals surface area contributed by atoms with Crippen molar-refractivity contribution < 1.29 is 14.3 Å². The van der Waals surface area contributed by atoms with Crippen molar-refractivity contribution >= 4 is 6.16 Å². The van der Waals surface area contributed by atoms with Gasteiger partial charge in [-0.1, -0.05) is 38.0 Å². The molecule has 1 aromatic rings. The average molecular weight is 246 g/mol. The van der Waals surface area contributed by atoms with Gasteiger partial charge < -0.3 is 9.47 Å². The van der Waals surface area contributed by atoms with E-state index in [1.54, 1.807) is 0 Å². The zero-order valence-electron chi connectivity index (χ0n) is 11.0. The highest BCUT2D eigenvalue weighted by atomic mass is 16.7. The van der Waals surface area contributed by atoms with Gasteiger partial charge in [-0.05, 0) is 30.9 Å². The van der Waals surface area contributed by atoms with Crippen molar-refractivity contribution in [3.05, 3.63) is 35.9 Å². The van der Waals surface area contributed by atoms with E-state index in [0.29, 0.717) is 12.8 Å². The number of methoxy groups -OCH3 is 1. The molecule has 0 aliphatic carbocycles. The summed E-state index contributed by atoms with van der Waals surface area (Å²) in [5.74, 6) is 6.08. The van der Waals surface area contributed by atoms with Crippen LogP contribution in [-0.4, -0.2) is 18.9 Å². The van der Waals surface area contributed by atoms with Crippen LogP contribution in [0.25, 0.3) is 0 Å². The fourth-order valence-electron chi connectivity index (χ4n) is 1.51. The zero-order valence-corrected chi connectivity index (χ0v) is 11.0. The molecule has 0 unspecified atom stereocenters. The summed E-state index contributed by atoms with van der Waals surface area (Å²) < 4.78 is 9.81. The first kappa shape index (κ1) is 14.1. The Kier molecular flexibility index (Phi) is 5.26. The third-order valence-corrected chi connectivity index (χ3v) is 2.80. The largest absolute Gasteiger partial charge is 0.509 e. The lowest BCUT2D eigenvalue weighted by Gasteiger charge is -2.24. The fraction of sp³-hybridized carbons (Fsp3) is 0.400. The highest BCUT2D eigenvalue weighted by molar-refractivity contribution is 5.61. The highest BCUT2D eigenvalue weighted by Gasteiger charge is 2.28. The standard InChI is InChI=1S/C15H18O3/c1-4-15(5-2,18-14(16)17-3)12-11-13-9-7-6-8-10-13/h6-10H,4-5H2,1-3H3. The maximum absolute atomic E-state index is 11.2. The Balaban J connectivity index is 2.93. The van der Waals surface area contributed by atoms with E-state index in [1.807, 2.05) is 44.2 Å². The summed E-state index contributed by atoms with van der Waals surface area (Å²) in [6.07, 6.45) is 0.553. The summed E-state index contributed by atoms with van der Waals surface area (Å²) in [5.41, 5.74) is 0.125. The fourth-order valence-corrected chi connectivity index (χ4v) is 1.51. The minimum Gasteiger partial charge on any atom is -0.438 e. The number of benzene rings is 1. The molecule has 0 aliphatic rings. The Labute approximate surface area is 108 Å². The molecule has 0 saturated carbocycles. The van der Waals surface area contributed by atoms with Gasteiger partial charge in [0.1, 0.15) is 0 Å². The molecule has 0 amide bonds.